The maximum Gasteiger partial charge on any atom is 0.276 e. The van der Waals surface area contributed by atoms with Gasteiger partial charge in [-0.3, -0.25) is 0 Å². The van der Waals surface area contributed by atoms with E-state index in [0.29, 0.717) is 17.1 Å². The molecule has 0 amide bonds. The Labute approximate surface area is 148 Å². The van der Waals surface area contributed by atoms with Crippen LogP contribution in [0.15, 0.2) is 52.5 Å². The molecule has 0 aromatic heterocycles. The molecule has 0 atom stereocenters. The molecule has 0 spiro atoms. The summed E-state index contributed by atoms with van der Waals surface area (Å²) >= 11 is 2.11. The molecule has 0 aliphatic carbocycles. The average molecular weight is 446 g/mol. The predicted molar refractivity (Wildman–Crippen MR) is 96.6 cm³/mol. The molecular formula is C15H15IN2O4S. The lowest BCUT2D eigenvalue weighted by molar-refractivity contribution is 0.353. The monoisotopic (exact) mass is 446 g/mol. The molecule has 0 bridgehead atoms. The van der Waals surface area contributed by atoms with Crippen molar-refractivity contribution in [3.63, 3.8) is 0 Å². The van der Waals surface area contributed by atoms with Crippen LogP contribution in [0.3, 0.4) is 0 Å². The van der Waals surface area contributed by atoms with Gasteiger partial charge in [0, 0.05) is 0 Å². The molecule has 0 saturated carbocycles. The number of ether oxygens (including phenoxy) is 2. The Morgan fingerprint density at radius 1 is 1.13 bits per heavy atom. The Kier molecular flexibility index (Phi) is 5.83. The zero-order chi connectivity index (χ0) is 16.9. The van der Waals surface area contributed by atoms with E-state index in [9.17, 15) is 8.42 Å². The van der Waals surface area contributed by atoms with E-state index in [1.807, 2.05) is 6.07 Å². The van der Waals surface area contributed by atoms with Crippen molar-refractivity contribution in [1.82, 2.24) is 4.83 Å². The third-order valence-electron chi connectivity index (χ3n) is 2.90. The quantitative estimate of drug-likeness (QED) is 0.421. The number of benzene rings is 2. The molecule has 2 aromatic carbocycles. The highest BCUT2D eigenvalue weighted by Gasteiger charge is 2.12. The molecule has 0 unspecified atom stereocenters. The van der Waals surface area contributed by atoms with Crippen LogP contribution in [0.25, 0.3) is 0 Å². The third-order valence-corrected chi connectivity index (χ3v) is 4.94. The van der Waals surface area contributed by atoms with Gasteiger partial charge in [-0.25, -0.2) is 4.83 Å². The van der Waals surface area contributed by atoms with Crippen LogP contribution in [0.2, 0.25) is 0 Å². The van der Waals surface area contributed by atoms with Crippen LogP contribution in [-0.2, 0) is 10.0 Å². The number of hydrazone groups is 1. The Morgan fingerprint density at radius 2 is 1.83 bits per heavy atom. The molecule has 0 aliphatic heterocycles. The van der Waals surface area contributed by atoms with E-state index in [2.05, 4.69) is 32.5 Å². The van der Waals surface area contributed by atoms with Crippen LogP contribution >= 0.6 is 22.6 Å². The van der Waals surface area contributed by atoms with Crippen molar-refractivity contribution in [3.05, 3.63) is 51.6 Å². The fourth-order valence-electron chi connectivity index (χ4n) is 1.84. The minimum absolute atomic E-state index is 0.152. The standard InChI is InChI=1S/C15H15IN2O4S/c1-21-14-9-11(8-13(16)15(14)22-2)10-17-18-23(19,20)12-6-4-3-5-7-12/h3-10,18H,1-2H3/b17-10-. The van der Waals surface area contributed by atoms with Crippen LogP contribution in [-0.4, -0.2) is 28.9 Å². The largest absolute Gasteiger partial charge is 0.493 e. The second-order valence-electron chi connectivity index (χ2n) is 4.40. The summed E-state index contributed by atoms with van der Waals surface area (Å²) < 4.78 is 35.4. The second kappa shape index (κ2) is 7.64. The van der Waals surface area contributed by atoms with E-state index in [0.717, 1.165) is 3.57 Å². The molecule has 122 valence electrons. The summed E-state index contributed by atoms with van der Waals surface area (Å²) in [6, 6.07) is 11.6. The highest BCUT2D eigenvalue weighted by Crippen LogP contribution is 2.32. The van der Waals surface area contributed by atoms with E-state index in [-0.39, 0.29) is 4.90 Å². The van der Waals surface area contributed by atoms with Gasteiger partial charge in [-0.1, -0.05) is 18.2 Å². The second-order valence-corrected chi connectivity index (χ2v) is 7.23. The smallest absolute Gasteiger partial charge is 0.276 e. The maximum atomic E-state index is 12.0. The molecule has 0 saturated heterocycles. The van der Waals surface area contributed by atoms with Gasteiger partial charge in [-0.2, -0.15) is 13.5 Å². The topological polar surface area (TPSA) is 77.0 Å². The maximum absolute atomic E-state index is 12.0. The van der Waals surface area contributed by atoms with Crippen molar-refractivity contribution in [3.8, 4) is 11.5 Å². The van der Waals surface area contributed by atoms with Gasteiger partial charge >= 0.3 is 0 Å². The number of hydrogen-bond donors (Lipinski definition) is 1. The lowest BCUT2D eigenvalue weighted by atomic mass is 10.2. The molecule has 2 aromatic rings. The highest BCUT2D eigenvalue weighted by molar-refractivity contribution is 14.1. The molecule has 1 N–H and O–H groups in total. The van der Waals surface area contributed by atoms with Gasteiger partial charge in [0.05, 0.1) is 28.9 Å². The van der Waals surface area contributed by atoms with Crippen molar-refractivity contribution >= 4 is 38.8 Å². The molecule has 0 heterocycles. The van der Waals surface area contributed by atoms with Gasteiger partial charge in [0.1, 0.15) is 0 Å². The van der Waals surface area contributed by atoms with Crippen LogP contribution < -0.4 is 14.3 Å². The van der Waals surface area contributed by atoms with Gasteiger partial charge < -0.3 is 9.47 Å². The first-order valence-corrected chi connectivity index (χ1v) is 9.05. The SMILES string of the molecule is COc1cc(/C=N\NS(=O)(=O)c2ccccc2)cc(I)c1OC. The first kappa shape index (κ1) is 17.5. The minimum atomic E-state index is -3.67. The predicted octanol–water partition coefficient (Wildman–Crippen LogP) is 2.62. The fraction of sp³-hybridized carbons (Fsp3) is 0.133. The van der Waals surface area contributed by atoms with Crippen molar-refractivity contribution in [2.24, 2.45) is 5.10 Å². The van der Waals surface area contributed by atoms with Crippen molar-refractivity contribution in [1.29, 1.82) is 0 Å². The van der Waals surface area contributed by atoms with Crippen LogP contribution in [0, 0.1) is 3.57 Å². The van der Waals surface area contributed by atoms with Gasteiger partial charge in [-0.05, 0) is 52.4 Å². The number of halogens is 1. The van der Waals surface area contributed by atoms with Gasteiger partial charge in [0.25, 0.3) is 10.0 Å². The molecule has 2 rings (SSSR count). The zero-order valence-corrected chi connectivity index (χ0v) is 15.5. The molecule has 0 radical (unpaired) electrons. The number of rotatable bonds is 6. The lowest BCUT2D eigenvalue weighted by Gasteiger charge is -2.10. The first-order chi connectivity index (χ1) is 11.0. The number of hydrogen-bond acceptors (Lipinski definition) is 5. The number of nitrogens with one attached hydrogen (secondary N) is 1. The van der Waals surface area contributed by atoms with Gasteiger partial charge in [0.15, 0.2) is 11.5 Å². The van der Waals surface area contributed by atoms with Gasteiger partial charge in [0.2, 0.25) is 0 Å². The van der Waals surface area contributed by atoms with Crippen LogP contribution in [0.4, 0.5) is 0 Å². The lowest BCUT2D eigenvalue weighted by Crippen LogP contribution is -2.18. The molecule has 0 aliphatic rings. The molecule has 8 heteroatoms. The summed E-state index contributed by atoms with van der Waals surface area (Å²) in [5, 5.41) is 3.80. The minimum Gasteiger partial charge on any atom is -0.493 e. The summed E-state index contributed by atoms with van der Waals surface area (Å²) in [4.78, 5) is 2.33. The Morgan fingerprint density at radius 3 is 2.43 bits per heavy atom. The number of sulfonamides is 1. The zero-order valence-electron chi connectivity index (χ0n) is 12.5. The fourth-order valence-corrected chi connectivity index (χ4v) is 3.49. The van der Waals surface area contributed by atoms with Crippen LogP contribution in [0.5, 0.6) is 11.5 Å². The Bertz CT molecular complexity index is 808. The third kappa shape index (κ3) is 4.35. The van der Waals surface area contributed by atoms with E-state index >= 15 is 0 Å². The van der Waals surface area contributed by atoms with E-state index in [4.69, 9.17) is 9.47 Å². The number of nitrogens with zero attached hydrogens (tertiary/aromatic N) is 1. The van der Waals surface area contributed by atoms with E-state index in [1.165, 1.54) is 25.5 Å². The summed E-state index contributed by atoms with van der Waals surface area (Å²) in [6.07, 6.45) is 1.41. The molecule has 23 heavy (non-hydrogen) atoms. The first-order valence-electron chi connectivity index (χ1n) is 6.49. The summed E-state index contributed by atoms with van der Waals surface area (Å²) in [6.45, 7) is 0. The highest BCUT2D eigenvalue weighted by atomic mass is 127. The normalized spacial score (nSPS) is 11.4. The van der Waals surface area contributed by atoms with E-state index < -0.39 is 10.0 Å². The molecule has 6 nitrogen and oxygen atoms in total. The molecule has 0 fully saturated rings. The van der Waals surface area contributed by atoms with Crippen molar-refractivity contribution in [2.45, 2.75) is 4.90 Å². The summed E-state index contributed by atoms with van der Waals surface area (Å²) in [5.41, 5.74) is 0.683. The van der Waals surface area contributed by atoms with Crippen molar-refractivity contribution < 1.29 is 17.9 Å². The summed E-state index contributed by atoms with van der Waals surface area (Å²) in [7, 11) is -0.583. The number of methoxy groups -OCH3 is 2. The Balaban J connectivity index is 2.20. The summed E-state index contributed by atoms with van der Waals surface area (Å²) in [5.74, 6) is 1.17. The van der Waals surface area contributed by atoms with E-state index in [1.54, 1.807) is 31.4 Å². The van der Waals surface area contributed by atoms with Crippen molar-refractivity contribution in [2.75, 3.05) is 14.2 Å². The molecular weight excluding hydrogens is 431 g/mol. The van der Waals surface area contributed by atoms with Gasteiger partial charge in [-0.15, -0.1) is 0 Å². The average Bonchev–Trinajstić information content (AvgIpc) is 2.55. The van der Waals surface area contributed by atoms with Crippen LogP contribution in [0.1, 0.15) is 5.56 Å². The Hall–Kier alpha value is -1.81.